The first-order chi connectivity index (χ1) is 15.1. The van der Waals surface area contributed by atoms with Gasteiger partial charge in [0, 0.05) is 43.2 Å². The lowest BCUT2D eigenvalue weighted by atomic mass is 10.0. The number of rotatable bonds is 5. The van der Waals surface area contributed by atoms with Crippen LogP contribution >= 0.6 is 0 Å². The van der Waals surface area contributed by atoms with E-state index < -0.39 is 11.9 Å². The normalized spacial score (nSPS) is 16.7. The first-order valence-electron chi connectivity index (χ1n) is 10.4. The average molecular weight is 442 g/mol. The summed E-state index contributed by atoms with van der Waals surface area (Å²) in [5, 5.41) is 13.1. The van der Waals surface area contributed by atoms with Crippen molar-refractivity contribution in [2.75, 3.05) is 23.3 Å². The molecular formula is C24H24F2N2O4. The summed E-state index contributed by atoms with van der Waals surface area (Å²) >= 11 is 0. The fourth-order valence-corrected chi connectivity index (χ4v) is 4.06. The second kappa shape index (κ2) is 8.26. The van der Waals surface area contributed by atoms with E-state index in [2.05, 4.69) is 5.32 Å². The Kier molecular flexibility index (Phi) is 5.62. The van der Waals surface area contributed by atoms with Gasteiger partial charge in [0.1, 0.15) is 5.58 Å². The second-order valence-corrected chi connectivity index (χ2v) is 8.24. The summed E-state index contributed by atoms with van der Waals surface area (Å²) in [5.74, 6) is -3.49. The number of nitrogens with one attached hydrogen (secondary N) is 1. The molecule has 6 nitrogen and oxygen atoms in total. The third-order valence-electron chi connectivity index (χ3n) is 5.79. The number of hydrogen-bond acceptors (Lipinski definition) is 5. The van der Waals surface area contributed by atoms with Gasteiger partial charge < -0.3 is 19.7 Å². The Morgan fingerprint density at radius 1 is 1.19 bits per heavy atom. The first-order valence-corrected chi connectivity index (χ1v) is 10.4. The predicted octanol–water partition coefficient (Wildman–Crippen LogP) is 5.21. The number of para-hydroxylation sites is 1. The van der Waals surface area contributed by atoms with Crippen molar-refractivity contribution in [3.8, 4) is 0 Å². The summed E-state index contributed by atoms with van der Waals surface area (Å²) in [6, 6.07) is 11.1. The summed E-state index contributed by atoms with van der Waals surface area (Å²) in [6.45, 7) is 3.91. The predicted molar refractivity (Wildman–Crippen MR) is 119 cm³/mol. The molecule has 32 heavy (non-hydrogen) atoms. The minimum Gasteiger partial charge on any atom is -0.478 e. The van der Waals surface area contributed by atoms with Gasteiger partial charge in [0.2, 0.25) is 0 Å². The molecule has 0 saturated carbocycles. The van der Waals surface area contributed by atoms with Crippen LogP contribution in [0.4, 0.5) is 20.4 Å². The van der Waals surface area contributed by atoms with Crippen molar-refractivity contribution >= 4 is 28.5 Å². The van der Waals surface area contributed by atoms with E-state index in [1.54, 1.807) is 29.2 Å². The molecule has 3 aromatic rings. The van der Waals surface area contributed by atoms with E-state index in [-0.39, 0.29) is 48.8 Å². The number of aromatic carboxylic acids is 1. The van der Waals surface area contributed by atoms with Crippen LogP contribution in [0, 0.1) is 6.92 Å². The number of carboxylic acid groups (broad SMARTS) is 1. The van der Waals surface area contributed by atoms with E-state index in [0.29, 0.717) is 22.2 Å². The van der Waals surface area contributed by atoms with E-state index in [1.165, 1.54) is 12.1 Å². The monoisotopic (exact) mass is 442 g/mol. The summed E-state index contributed by atoms with van der Waals surface area (Å²) in [7, 11) is 0. The van der Waals surface area contributed by atoms with E-state index in [1.807, 2.05) is 19.9 Å². The quantitative estimate of drug-likeness (QED) is 0.565. The number of carbonyl (C=O) groups is 1. The maximum absolute atomic E-state index is 13.6. The average Bonchev–Trinajstić information content (AvgIpc) is 2.74. The van der Waals surface area contributed by atoms with Crippen LogP contribution < -0.4 is 15.6 Å². The number of fused-ring (bicyclic) bond motifs is 1. The summed E-state index contributed by atoms with van der Waals surface area (Å²) in [6.07, 6.45) is -0.584. The Morgan fingerprint density at radius 3 is 2.56 bits per heavy atom. The van der Waals surface area contributed by atoms with Crippen LogP contribution in [-0.4, -0.2) is 30.1 Å². The lowest BCUT2D eigenvalue weighted by Gasteiger charge is -2.32. The number of aryl methyl sites for hydroxylation is 1. The molecule has 168 valence electrons. The summed E-state index contributed by atoms with van der Waals surface area (Å²) < 4.78 is 33.2. The zero-order valence-electron chi connectivity index (χ0n) is 17.8. The molecule has 0 spiro atoms. The van der Waals surface area contributed by atoms with Gasteiger partial charge in [-0.1, -0.05) is 18.2 Å². The van der Waals surface area contributed by atoms with Gasteiger partial charge in [-0.3, -0.25) is 4.79 Å². The number of halogens is 2. The van der Waals surface area contributed by atoms with Crippen LogP contribution in [0.15, 0.2) is 51.7 Å². The largest absolute Gasteiger partial charge is 0.478 e. The van der Waals surface area contributed by atoms with Gasteiger partial charge in [0.05, 0.1) is 17.0 Å². The van der Waals surface area contributed by atoms with Crippen molar-refractivity contribution in [2.45, 2.75) is 38.7 Å². The molecule has 0 amide bonds. The highest BCUT2D eigenvalue weighted by molar-refractivity contribution is 5.94. The van der Waals surface area contributed by atoms with E-state index in [0.717, 1.165) is 5.56 Å². The third kappa shape index (κ3) is 4.30. The minimum atomic E-state index is -2.70. The zero-order chi connectivity index (χ0) is 23.0. The minimum absolute atomic E-state index is 0.0996. The molecule has 4 rings (SSSR count). The van der Waals surface area contributed by atoms with E-state index in [4.69, 9.17) is 4.42 Å². The molecule has 2 aromatic carbocycles. The summed E-state index contributed by atoms with van der Waals surface area (Å²) in [5.41, 5.74) is 2.23. The fourth-order valence-electron chi connectivity index (χ4n) is 4.06. The van der Waals surface area contributed by atoms with Crippen molar-refractivity contribution in [3.05, 3.63) is 69.4 Å². The number of carboxylic acids is 1. The van der Waals surface area contributed by atoms with E-state index in [9.17, 15) is 23.5 Å². The van der Waals surface area contributed by atoms with Crippen molar-refractivity contribution in [1.82, 2.24) is 0 Å². The smallest absolute Gasteiger partial charge is 0.337 e. The topological polar surface area (TPSA) is 82.8 Å². The van der Waals surface area contributed by atoms with Crippen LogP contribution in [0.25, 0.3) is 11.0 Å². The van der Waals surface area contributed by atoms with Crippen LogP contribution in [0.3, 0.4) is 0 Å². The van der Waals surface area contributed by atoms with Crippen molar-refractivity contribution in [1.29, 1.82) is 0 Å². The number of benzene rings is 2. The number of hydrogen-bond donors (Lipinski definition) is 2. The van der Waals surface area contributed by atoms with Gasteiger partial charge in [0.15, 0.2) is 11.3 Å². The molecule has 2 N–H and O–H groups in total. The van der Waals surface area contributed by atoms with Crippen LogP contribution in [0.1, 0.15) is 47.3 Å². The van der Waals surface area contributed by atoms with E-state index >= 15 is 0 Å². The maximum Gasteiger partial charge on any atom is 0.337 e. The zero-order valence-corrected chi connectivity index (χ0v) is 17.8. The molecule has 8 heteroatoms. The van der Waals surface area contributed by atoms with Crippen molar-refractivity contribution in [2.24, 2.45) is 0 Å². The molecule has 0 radical (unpaired) electrons. The number of nitrogens with zero attached hydrogens (tertiary/aromatic N) is 1. The molecule has 1 fully saturated rings. The Labute approximate surface area is 183 Å². The standard InChI is InChI=1S/C24H24F2N2O4/c1-14-11-17(15(2)27-19-6-4-3-5-16(19)23(30)31)22-18(12-14)20(29)13-21(32-22)28-9-7-24(25,26)8-10-28/h3-6,11-13,15,27H,7-10H2,1-2H3,(H,30,31)/t15-/m1/s1. The Morgan fingerprint density at radius 2 is 1.88 bits per heavy atom. The molecule has 1 atom stereocenters. The van der Waals surface area contributed by atoms with Crippen LogP contribution in [-0.2, 0) is 0 Å². The molecular weight excluding hydrogens is 418 g/mol. The highest BCUT2D eigenvalue weighted by Gasteiger charge is 2.35. The van der Waals surface area contributed by atoms with Crippen molar-refractivity contribution in [3.63, 3.8) is 0 Å². The number of anilines is 2. The highest BCUT2D eigenvalue weighted by Crippen LogP contribution is 2.33. The van der Waals surface area contributed by atoms with Crippen LogP contribution in [0.2, 0.25) is 0 Å². The van der Waals surface area contributed by atoms with Gasteiger partial charge in [-0.05, 0) is 37.6 Å². The van der Waals surface area contributed by atoms with Crippen LogP contribution in [0.5, 0.6) is 0 Å². The Bertz CT molecular complexity index is 1230. The fraction of sp³-hybridized carbons (Fsp3) is 0.333. The van der Waals surface area contributed by atoms with Gasteiger partial charge >= 0.3 is 5.97 Å². The number of piperidine rings is 1. The maximum atomic E-state index is 13.6. The lowest BCUT2D eigenvalue weighted by Crippen LogP contribution is -2.39. The van der Waals surface area contributed by atoms with Gasteiger partial charge in [-0.25, -0.2) is 13.6 Å². The van der Waals surface area contributed by atoms with Gasteiger partial charge in [-0.2, -0.15) is 0 Å². The lowest BCUT2D eigenvalue weighted by molar-refractivity contribution is -0.0225. The molecule has 1 aromatic heterocycles. The number of alkyl halides is 2. The molecule has 0 unspecified atom stereocenters. The third-order valence-corrected chi connectivity index (χ3v) is 5.79. The summed E-state index contributed by atoms with van der Waals surface area (Å²) in [4.78, 5) is 26.1. The molecule has 1 aliphatic heterocycles. The second-order valence-electron chi connectivity index (χ2n) is 8.24. The molecule has 2 heterocycles. The van der Waals surface area contributed by atoms with Crippen molar-refractivity contribution < 1.29 is 23.1 Å². The first kappa shape index (κ1) is 21.8. The Balaban J connectivity index is 1.75. The molecule has 0 aliphatic carbocycles. The molecule has 1 aliphatic rings. The Hall–Kier alpha value is -3.42. The molecule has 0 bridgehead atoms. The van der Waals surface area contributed by atoms with Gasteiger partial charge in [0.25, 0.3) is 5.92 Å². The van der Waals surface area contributed by atoms with Gasteiger partial charge in [-0.15, -0.1) is 0 Å². The molecule has 1 saturated heterocycles. The highest BCUT2D eigenvalue weighted by atomic mass is 19.3. The SMILES string of the molecule is Cc1cc([C@@H](C)Nc2ccccc2C(=O)O)c2oc(N3CCC(F)(F)CC3)cc(=O)c2c1.